The molecule has 0 saturated heterocycles. The average molecular weight is 526 g/mol. The van der Waals surface area contributed by atoms with E-state index in [-0.39, 0.29) is 43.8 Å². The van der Waals surface area contributed by atoms with Crippen molar-refractivity contribution >= 4 is 28.7 Å². The molecule has 3 N–H and O–H groups in total. The van der Waals surface area contributed by atoms with Gasteiger partial charge < -0.3 is 20.5 Å². The first kappa shape index (κ1) is 27.3. The molecule has 2 amide bonds. The van der Waals surface area contributed by atoms with Crippen LogP contribution in [0, 0.1) is 0 Å². The molecule has 4 rings (SSSR count). The number of pyridine rings is 1. The highest BCUT2D eigenvalue weighted by atomic mass is 16.5. The van der Waals surface area contributed by atoms with Crippen molar-refractivity contribution < 1.29 is 24.2 Å². The summed E-state index contributed by atoms with van der Waals surface area (Å²) in [6.45, 7) is 2.22. The molecule has 1 unspecified atom stereocenters. The van der Waals surface area contributed by atoms with Gasteiger partial charge in [0, 0.05) is 17.4 Å². The fourth-order valence-corrected chi connectivity index (χ4v) is 4.34. The molecular formula is C31H31N3O5. The summed E-state index contributed by atoms with van der Waals surface area (Å²) in [5.74, 6) is -1.39. The number of carboxylic acids is 1. The zero-order chi connectivity index (χ0) is 27.6. The lowest BCUT2D eigenvalue weighted by Crippen LogP contribution is -2.30. The number of rotatable bonds is 12. The molecule has 0 bridgehead atoms. The number of benzene rings is 3. The zero-order valence-electron chi connectivity index (χ0n) is 21.7. The van der Waals surface area contributed by atoms with Crippen LogP contribution in [0.15, 0.2) is 84.9 Å². The van der Waals surface area contributed by atoms with Crippen LogP contribution in [-0.2, 0) is 9.59 Å². The second-order valence-corrected chi connectivity index (χ2v) is 8.98. The van der Waals surface area contributed by atoms with Crippen LogP contribution in [-0.4, -0.2) is 41.0 Å². The number of ether oxygens (including phenoxy) is 1. The molecule has 39 heavy (non-hydrogen) atoms. The van der Waals surface area contributed by atoms with Crippen molar-refractivity contribution in [2.75, 3.05) is 13.2 Å². The molecule has 3 aromatic carbocycles. The van der Waals surface area contributed by atoms with Crippen LogP contribution in [0.5, 0.6) is 5.75 Å². The van der Waals surface area contributed by atoms with Gasteiger partial charge in [-0.05, 0) is 18.1 Å². The number of carbonyl (C=O) groups is 3. The van der Waals surface area contributed by atoms with E-state index in [0.29, 0.717) is 34.3 Å². The molecule has 8 nitrogen and oxygen atoms in total. The van der Waals surface area contributed by atoms with Crippen molar-refractivity contribution in [1.82, 2.24) is 15.6 Å². The molecule has 0 fully saturated rings. The van der Waals surface area contributed by atoms with Crippen molar-refractivity contribution in [1.29, 1.82) is 0 Å². The van der Waals surface area contributed by atoms with Gasteiger partial charge >= 0.3 is 5.97 Å². The Hall–Kier alpha value is -4.72. The number of aromatic nitrogens is 1. The third-order valence-corrected chi connectivity index (χ3v) is 6.27. The van der Waals surface area contributed by atoms with Gasteiger partial charge in [-0.2, -0.15) is 0 Å². The average Bonchev–Trinajstić information content (AvgIpc) is 2.97. The SMILES string of the molecule is CCC(NC(=O)c1c(OCCNC(=O)CCC(=O)O)c(-c2ccccc2)nc2ccccc12)c1ccccc1. The maximum Gasteiger partial charge on any atom is 0.303 e. The Labute approximate surface area is 227 Å². The van der Waals surface area contributed by atoms with Gasteiger partial charge in [-0.1, -0.05) is 85.8 Å². The third kappa shape index (κ3) is 6.98. The Kier molecular flexibility index (Phi) is 9.24. The van der Waals surface area contributed by atoms with Gasteiger partial charge in [0.1, 0.15) is 12.3 Å². The van der Waals surface area contributed by atoms with Crippen molar-refractivity contribution in [3.8, 4) is 17.0 Å². The summed E-state index contributed by atoms with van der Waals surface area (Å²) in [5, 5.41) is 15.3. The van der Waals surface area contributed by atoms with E-state index in [0.717, 1.165) is 11.1 Å². The van der Waals surface area contributed by atoms with E-state index in [1.807, 2.05) is 91.9 Å². The molecule has 0 radical (unpaired) electrons. The molecule has 1 aromatic heterocycles. The lowest BCUT2D eigenvalue weighted by molar-refractivity contribution is -0.138. The second kappa shape index (κ2) is 13.2. The molecule has 4 aromatic rings. The molecule has 8 heteroatoms. The van der Waals surface area contributed by atoms with E-state index >= 15 is 0 Å². The van der Waals surface area contributed by atoms with Crippen molar-refractivity contribution in [2.45, 2.75) is 32.2 Å². The maximum atomic E-state index is 14.0. The van der Waals surface area contributed by atoms with Crippen LogP contribution in [0.4, 0.5) is 0 Å². The first-order valence-corrected chi connectivity index (χ1v) is 12.9. The number of carboxylic acid groups (broad SMARTS) is 1. The standard InChI is InChI=1S/C31H31N3O5/c1-2-24(21-11-5-3-6-12-21)34-31(38)28-23-15-9-10-16-25(23)33-29(22-13-7-4-8-14-22)30(28)39-20-19-32-26(35)17-18-27(36)37/h3-16,24H,2,17-20H2,1H3,(H,32,35)(H,34,38)(H,36,37). The van der Waals surface area contributed by atoms with Crippen LogP contribution < -0.4 is 15.4 Å². The summed E-state index contributed by atoms with van der Waals surface area (Å²) in [7, 11) is 0. The number of hydrogen-bond donors (Lipinski definition) is 3. The van der Waals surface area contributed by atoms with Crippen LogP contribution >= 0.6 is 0 Å². The molecule has 0 saturated carbocycles. The molecule has 1 heterocycles. The highest BCUT2D eigenvalue weighted by Crippen LogP contribution is 2.37. The number of nitrogens with one attached hydrogen (secondary N) is 2. The van der Waals surface area contributed by atoms with Crippen LogP contribution in [0.3, 0.4) is 0 Å². The summed E-state index contributed by atoms with van der Waals surface area (Å²) in [6.07, 6.45) is 0.334. The topological polar surface area (TPSA) is 118 Å². The smallest absolute Gasteiger partial charge is 0.303 e. The predicted octanol–water partition coefficient (Wildman–Crippen LogP) is 5.14. The normalized spacial score (nSPS) is 11.5. The van der Waals surface area contributed by atoms with E-state index in [2.05, 4.69) is 10.6 Å². The van der Waals surface area contributed by atoms with Gasteiger partial charge in [0.25, 0.3) is 5.91 Å². The molecule has 0 aliphatic rings. The Morgan fingerprint density at radius 2 is 1.56 bits per heavy atom. The van der Waals surface area contributed by atoms with Crippen molar-refractivity contribution in [3.63, 3.8) is 0 Å². The van der Waals surface area contributed by atoms with E-state index in [1.54, 1.807) is 0 Å². The van der Waals surface area contributed by atoms with Gasteiger partial charge in [-0.25, -0.2) is 4.98 Å². The Morgan fingerprint density at radius 1 is 0.897 bits per heavy atom. The van der Waals surface area contributed by atoms with E-state index in [9.17, 15) is 14.4 Å². The molecular weight excluding hydrogens is 494 g/mol. The number of amides is 2. The first-order chi connectivity index (χ1) is 19.0. The highest BCUT2D eigenvalue weighted by molar-refractivity contribution is 6.10. The molecule has 1 atom stereocenters. The van der Waals surface area contributed by atoms with E-state index in [1.165, 1.54) is 0 Å². The fraction of sp³-hybridized carbons (Fsp3) is 0.226. The van der Waals surface area contributed by atoms with Gasteiger partial charge in [-0.3, -0.25) is 14.4 Å². The van der Waals surface area contributed by atoms with E-state index < -0.39 is 5.97 Å². The Morgan fingerprint density at radius 3 is 2.26 bits per heavy atom. The zero-order valence-corrected chi connectivity index (χ0v) is 21.7. The fourth-order valence-electron chi connectivity index (χ4n) is 4.34. The molecule has 0 aliphatic heterocycles. The highest BCUT2D eigenvalue weighted by Gasteiger charge is 2.25. The number of nitrogens with zero attached hydrogens (tertiary/aromatic N) is 1. The lowest BCUT2D eigenvalue weighted by atomic mass is 10.00. The summed E-state index contributed by atoms with van der Waals surface area (Å²) >= 11 is 0. The summed E-state index contributed by atoms with van der Waals surface area (Å²) in [6, 6.07) is 26.5. The van der Waals surface area contributed by atoms with Crippen LogP contribution in [0.2, 0.25) is 0 Å². The Bertz CT molecular complexity index is 1440. The van der Waals surface area contributed by atoms with Gasteiger partial charge in [0.2, 0.25) is 5.91 Å². The molecule has 0 aliphatic carbocycles. The monoisotopic (exact) mass is 525 g/mol. The number of aliphatic carboxylic acids is 1. The van der Waals surface area contributed by atoms with Gasteiger partial charge in [-0.15, -0.1) is 0 Å². The third-order valence-electron chi connectivity index (χ3n) is 6.27. The quantitative estimate of drug-likeness (QED) is 0.220. The Balaban J connectivity index is 1.70. The molecule has 0 spiro atoms. The van der Waals surface area contributed by atoms with Gasteiger partial charge in [0.05, 0.1) is 30.1 Å². The van der Waals surface area contributed by atoms with Gasteiger partial charge in [0.15, 0.2) is 5.75 Å². The molecule has 200 valence electrons. The van der Waals surface area contributed by atoms with Crippen molar-refractivity contribution in [3.05, 3.63) is 96.1 Å². The van der Waals surface area contributed by atoms with Crippen molar-refractivity contribution in [2.24, 2.45) is 0 Å². The summed E-state index contributed by atoms with van der Waals surface area (Å²) in [4.78, 5) is 41.5. The van der Waals surface area contributed by atoms with E-state index in [4.69, 9.17) is 14.8 Å². The maximum absolute atomic E-state index is 14.0. The van der Waals surface area contributed by atoms with Crippen LogP contribution in [0.1, 0.15) is 48.1 Å². The number of carbonyl (C=O) groups excluding carboxylic acids is 2. The number of fused-ring (bicyclic) bond motifs is 1. The second-order valence-electron chi connectivity index (χ2n) is 8.98. The minimum atomic E-state index is -1.03. The number of para-hydroxylation sites is 1. The first-order valence-electron chi connectivity index (χ1n) is 12.9. The summed E-state index contributed by atoms with van der Waals surface area (Å²) < 4.78 is 6.19. The lowest BCUT2D eigenvalue weighted by Gasteiger charge is -2.21. The minimum absolute atomic E-state index is 0.0643. The number of hydrogen-bond acceptors (Lipinski definition) is 5. The largest absolute Gasteiger partial charge is 0.489 e. The predicted molar refractivity (Wildman–Crippen MR) is 149 cm³/mol. The minimum Gasteiger partial charge on any atom is -0.489 e. The van der Waals surface area contributed by atoms with Crippen LogP contribution in [0.25, 0.3) is 22.2 Å². The summed E-state index contributed by atoms with van der Waals surface area (Å²) in [5.41, 5.74) is 3.33.